The first-order valence-electron chi connectivity index (χ1n) is 10.0. The van der Waals surface area contributed by atoms with E-state index in [-0.39, 0.29) is 29.0 Å². The lowest BCUT2D eigenvalue weighted by Gasteiger charge is -2.38. The largest absolute Gasteiger partial charge is 0.506 e. The van der Waals surface area contributed by atoms with Crippen LogP contribution in [-0.4, -0.2) is 45.9 Å². The Morgan fingerprint density at radius 3 is 2.65 bits per heavy atom. The molecule has 2 heterocycles. The average molecular weight is 443 g/mol. The SMILES string of the molecule is C=CC(=O)N1CC(NC(=O)c2cncc(CNc3cc(C(C)(C)C)c(Cl)cc3O)c2)C1. The minimum absolute atomic E-state index is 0.0588. The number of amides is 2. The highest BCUT2D eigenvalue weighted by Gasteiger charge is 2.30. The molecule has 164 valence electrons. The molecule has 1 saturated heterocycles. The predicted octanol–water partition coefficient (Wildman–Crippen LogP) is 3.48. The number of carbonyl (C=O) groups is 2. The lowest BCUT2D eigenvalue weighted by molar-refractivity contribution is -0.130. The molecule has 8 heteroatoms. The fourth-order valence-corrected chi connectivity index (χ4v) is 3.77. The van der Waals surface area contributed by atoms with Crippen LogP contribution in [0.5, 0.6) is 5.75 Å². The van der Waals surface area contributed by atoms with Gasteiger partial charge in [-0.1, -0.05) is 39.0 Å². The fourth-order valence-electron chi connectivity index (χ4n) is 3.33. The van der Waals surface area contributed by atoms with Crippen LogP contribution in [0.25, 0.3) is 0 Å². The van der Waals surface area contributed by atoms with Gasteiger partial charge in [-0.15, -0.1) is 0 Å². The number of rotatable bonds is 6. The second-order valence-electron chi connectivity index (χ2n) is 8.65. The molecular weight excluding hydrogens is 416 g/mol. The predicted molar refractivity (Wildman–Crippen MR) is 121 cm³/mol. The van der Waals surface area contributed by atoms with E-state index in [9.17, 15) is 14.7 Å². The molecule has 1 aliphatic heterocycles. The zero-order valence-corrected chi connectivity index (χ0v) is 18.7. The van der Waals surface area contributed by atoms with Crippen LogP contribution in [0.4, 0.5) is 5.69 Å². The van der Waals surface area contributed by atoms with Crippen LogP contribution in [0.2, 0.25) is 5.02 Å². The molecule has 0 radical (unpaired) electrons. The molecule has 7 nitrogen and oxygen atoms in total. The number of benzene rings is 1. The molecule has 0 bridgehead atoms. The van der Waals surface area contributed by atoms with Gasteiger partial charge in [0.2, 0.25) is 5.91 Å². The number of aromatic hydroxyl groups is 1. The third-order valence-electron chi connectivity index (χ3n) is 5.14. The molecule has 1 fully saturated rings. The standard InChI is InChI=1S/C23H27ClN4O3/c1-5-21(30)28-12-16(13-28)27-22(31)15-6-14(9-25-11-15)10-26-19-7-17(23(2,3)4)18(24)8-20(19)29/h5-9,11,16,26,29H,1,10,12-13H2,2-4H3,(H,27,31). The van der Waals surface area contributed by atoms with Crippen molar-refractivity contribution in [1.29, 1.82) is 0 Å². The minimum Gasteiger partial charge on any atom is -0.506 e. The van der Waals surface area contributed by atoms with Gasteiger partial charge in [0.05, 0.1) is 17.3 Å². The third kappa shape index (κ3) is 5.35. The number of pyridine rings is 1. The number of nitrogens with zero attached hydrogens (tertiary/aromatic N) is 2. The van der Waals surface area contributed by atoms with Crippen molar-refractivity contribution < 1.29 is 14.7 Å². The Balaban J connectivity index is 1.63. The lowest BCUT2D eigenvalue weighted by atomic mass is 9.86. The summed E-state index contributed by atoms with van der Waals surface area (Å²) in [6, 6.07) is 5.04. The van der Waals surface area contributed by atoms with E-state index in [1.807, 2.05) is 6.07 Å². The smallest absolute Gasteiger partial charge is 0.253 e. The summed E-state index contributed by atoms with van der Waals surface area (Å²) in [4.78, 5) is 29.8. The number of hydrogen-bond donors (Lipinski definition) is 3. The van der Waals surface area contributed by atoms with Gasteiger partial charge in [0.15, 0.2) is 0 Å². The van der Waals surface area contributed by atoms with E-state index >= 15 is 0 Å². The summed E-state index contributed by atoms with van der Waals surface area (Å²) in [6.45, 7) is 10.9. The molecule has 0 aliphatic carbocycles. The summed E-state index contributed by atoms with van der Waals surface area (Å²) in [7, 11) is 0. The minimum atomic E-state index is -0.241. The highest BCUT2D eigenvalue weighted by Crippen LogP contribution is 2.37. The number of anilines is 1. The van der Waals surface area contributed by atoms with Crippen LogP contribution >= 0.6 is 11.6 Å². The van der Waals surface area contributed by atoms with Crippen molar-refractivity contribution in [3.63, 3.8) is 0 Å². The summed E-state index contributed by atoms with van der Waals surface area (Å²) < 4.78 is 0. The van der Waals surface area contributed by atoms with Crippen LogP contribution < -0.4 is 10.6 Å². The molecule has 1 aliphatic rings. The van der Waals surface area contributed by atoms with E-state index in [0.29, 0.717) is 35.9 Å². The van der Waals surface area contributed by atoms with Crippen LogP contribution in [-0.2, 0) is 16.8 Å². The summed E-state index contributed by atoms with van der Waals surface area (Å²) in [5.41, 5.74) is 2.53. The van der Waals surface area contributed by atoms with E-state index in [2.05, 4.69) is 43.0 Å². The molecule has 0 saturated carbocycles. The van der Waals surface area contributed by atoms with Gasteiger partial charge < -0.3 is 20.6 Å². The number of nitrogens with one attached hydrogen (secondary N) is 2. The monoisotopic (exact) mass is 442 g/mol. The number of hydrogen-bond acceptors (Lipinski definition) is 5. The first kappa shape index (κ1) is 22.6. The number of aromatic nitrogens is 1. The van der Waals surface area contributed by atoms with Crippen LogP contribution in [0.1, 0.15) is 42.3 Å². The Kier molecular flexibility index (Phi) is 6.55. The van der Waals surface area contributed by atoms with E-state index in [1.54, 1.807) is 17.2 Å². The normalized spacial score (nSPS) is 14.0. The Morgan fingerprint density at radius 1 is 1.29 bits per heavy atom. The molecule has 1 aromatic heterocycles. The zero-order valence-electron chi connectivity index (χ0n) is 17.9. The summed E-state index contributed by atoms with van der Waals surface area (Å²) in [5.74, 6) is -0.321. The molecule has 0 atom stereocenters. The molecule has 1 aromatic carbocycles. The molecule has 31 heavy (non-hydrogen) atoms. The Hall–Kier alpha value is -3.06. The van der Waals surface area contributed by atoms with Gasteiger partial charge in [0, 0.05) is 43.1 Å². The Morgan fingerprint density at radius 2 is 2.00 bits per heavy atom. The molecule has 2 amide bonds. The van der Waals surface area contributed by atoms with Crippen molar-refractivity contribution in [3.8, 4) is 5.75 Å². The van der Waals surface area contributed by atoms with Gasteiger partial charge >= 0.3 is 0 Å². The van der Waals surface area contributed by atoms with Crippen LogP contribution in [0.15, 0.2) is 43.2 Å². The van der Waals surface area contributed by atoms with E-state index in [0.717, 1.165) is 11.1 Å². The Labute approximate surface area is 187 Å². The van der Waals surface area contributed by atoms with Crippen molar-refractivity contribution in [3.05, 3.63) is 65.0 Å². The van der Waals surface area contributed by atoms with Gasteiger partial charge in [-0.3, -0.25) is 14.6 Å². The molecule has 3 N–H and O–H groups in total. The summed E-state index contributed by atoms with van der Waals surface area (Å²) in [6.07, 6.45) is 4.43. The fraction of sp³-hybridized carbons (Fsp3) is 0.348. The number of phenols is 1. The number of phenolic OH excluding ortho intramolecular Hbond substituents is 1. The number of halogens is 1. The second-order valence-corrected chi connectivity index (χ2v) is 9.06. The van der Waals surface area contributed by atoms with Crippen molar-refractivity contribution in [2.75, 3.05) is 18.4 Å². The molecule has 3 rings (SSSR count). The number of carbonyl (C=O) groups excluding carboxylic acids is 2. The highest BCUT2D eigenvalue weighted by molar-refractivity contribution is 6.31. The molecular formula is C23H27ClN4O3. The second kappa shape index (κ2) is 8.98. The summed E-state index contributed by atoms with van der Waals surface area (Å²) >= 11 is 6.28. The quantitative estimate of drug-likeness (QED) is 0.470. The van der Waals surface area contributed by atoms with E-state index in [4.69, 9.17) is 11.6 Å². The highest BCUT2D eigenvalue weighted by atomic mass is 35.5. The van der Waals surface area contributed by atoms with Gasteiger partial charge in [0.1, 0.15) is 5.75 Å². The topological polar surface area (TPSA) is 94.6 Å². The van der Waals surface area contributed by atoms with E-state index in [1.165, 1.54) is 18.3 Å². The van der Waals surface area contributed by atoms with Crippen molar-refractivity contribution in [1.82, 2.24) is 15.2 Å². The van der Waals surface area contributed by atoms with E-state index < -0.39 is 0 Å². The third-order valence-corrected chi connectivity index (χ3v) is 5.45. The summed E-state index contributed by atoms with van der Waals surface area (Å²) in [5, 5.41) is 16.9. The van der Waals surface area contributed by atoms with Crippen molar-refractivity contribution in [2.24, 2.45) is 0 Å². The van der Waals surface area contributed by atoms with Gasteiger partial charge in [-0.2, -0.15) is 0 Å². The molecule has 2 aromatic rings. The maximum absolute atomic E-state index is 12.5. The average Bonchev–Trinajstić information content (AvgIpc) is 2.68. The zero-order chi connectivity index (χ0) is 22.8. The first-order valence-corrected chi connectivity index (χ1v) is 10.4. The van der Waals surface area contributed by atoms with Gasteiger partial charge in [-0.05, 0) is 34.8 Å². The molecule has 0 spiro atoms. The number of likely N-dealkylation sites (tertiary alicyclic amines) is 1. The van der Waals surface area contributed by atoms with Crippen molar-refractivity contribution >= 4 is 29.1 Å². The van der Waals surface area contributed by atoms with Gasteiger partial charge in [-0.25, -0.2) is 0 Å². The van der Waals surface area contributed by atoms with Crippen LogP contribution in [0.3, 0.4) is 0 Å². The maximum Gasteiger partial charge on any atom is 0.253 e. The van der Waals surface area contributed by atoms with Crippen LogP contribution in [0, 0.1) is 0 Å². The molecule has 0 unspecified atom stereocenters. The Bertz CT molecular complexity index is 1010. The lowest BCUT2D eigenvalue weighted by Crippen LogP contribution is -2.60. The first-order chi connectivity index (χ1) is 14.6. The van der Waals surface area contributed by atoms with Gasteiger partial charge in [0.25, 0.3) is 5.91 Å². The maximum atomic E-state index is 12.5. The van der Waals surface area contributed by atoms with Crippen molar-refractivity contribution in [2.45, 2.75) is 38.8 Å².